The smallest absolute Gasteiger partial charge is 0.341 e. The number of hydrogen-bond donors (Lipinski definition) is 0. The number of carbonyl (C=O) groups is 1. The van der Waals surface area contributed by atoms with Crippen molar-refractivity contribution in [1.29, 1.82) is 0 Å². The Morgan fingerprint density at radius 1 is 1.21 bits per heavy atom. The zero-order valence-corrected chi connectivity index (χ0v) is 16.6. The Hall–Kier alpha value is -2.60. The van der Waals surface area contributed by atoms with Gasteiger partial charge in [0.05, 0.1) is 31.7 Å². The molecule has 4 nitrogen and oxygen atoms in total. The van der Waals surface area contributed by atoms with Crippen LogP contribution in [0.15, 0.2) is 59.8 Å². The van der Waals surface area contributed by atoms with Crippen molar-refractivity contribution in [3.8, 4) is 0 Å². The molecule has 1 atom stereocenters. The summed E-state index contributed by atoms with van der Waals surface area (Å²) in [6.07, 6.45) is 3.67. The summed E-state index contributed by atoms with van der Waals surface area (Å²) < 4.78 is 23.4. The molecule has 146 valence electrons. The van der Waals surface area contributed by atoms with Crippen molar-refractivity contribution in [3.05, 3.63) is 71.7 Å². The summed E-state index contributed by atoms with van der Waals surface area (Å²) in [7, 11) is 2.86. The standard InChI is InChI=1S/C22H22FNO3S/c1-26-13-20(22(25)27-2)18-8-3-4-9-19(18)21(15-10-11-15)28-14-24-17-7-5-6-16(23)12-17/h3-9,12-15,21H,10-11H2,1-2H3. The highest BCUT2D eigenvalue weighted by Gasteiger charge is 2.34. The normalized spacial score (nSPS) is 15.5. The summed E-state index contributed by atoms with van der Waals surface area (Å²) in [5.74, 6) is -0.245. The summed E-state index contributed by atoms with van der Waals surface area (Å²) in [6, 6.07) is 14.0. The molecule has 1 saturated carbocycles. The van der Waals surface area contributed by atoms with Crippen LogP contribution in [0.5, 0.6) is 0 Å². The van der Waals surface area contributed by atoms with Gasteiger partial charge in [0.15, 0.2) is 0 Å². The molecule has 0 aliphatic heterocycles. The molecule has 28 heavy (non-hydrogen) atoms. The lowest BCUT2D eigenvalue weighted by Crippen LogP contribution is -2.09. The first-order chi connectivity index (χ1) is 13.6. The van der Waals surface area contributed by atoms with Gasteiger partial charge in [0, 0.05) is 5.25 Å². The van der Waals surface area contributed by atoms with Crippen LogP contribution in [0.25, 0.3) is 5.57 Å². The van der Waals surface area contributed by atoms with E-state index >= 15 is 0 Å². The summed E-state index contributed by atoms with van der Waals surface area (Å²) in [6.45, 7) is 0. The van der Waals surface area contributed by atoms with Crippen molar-refractivity contribution in [3.63, 3.8) is 0 Å². The number of ether oxygens (including phenoxy) is 2. The maximum absolute atomic E-state index is 13.3. The van der Waals surface area contributed by atoms with Gasteiger partial charge in [-0.15, -0.1) is 11.8 Å². The van der Waals surface area contributed by atoms with Crippen molar-refractivity contribution in [2.45, 2.75) is 18.1 Å². The number of thioether (sulfide) groups is 1. The molecule has 1 unspecified atom stereocenters. The summed E-state index contributed by atoms with van der Waals surface area (Å²) in [5.41, 5.74) is 4.54. The van der Waals surface area contributed by atoms with Crippen LogP contribution >= 0.6 is 11.8 Å². The topological polar surface area (TPSA) is 47.9 Å². The minimum Gasteiger partial charge on any atom is -0.503 e. The van der Waals surface area contributed by atoms with E-state index in [-0.39, 0.29) is 11.1 Å². The molecule has 1 fully saturated rings. The van der Waals surface area contributed by atoms with Gasteiger partial charge in [0.2, 0.25) is 0 Å². The van der Waals surface area contributed by atoms with Crippen LogP contribution in [0.1, 0.15) is 29.2 Å². The minimum absolute atomic E-state index is 0.137. The first-order valence-electron chi connectivity index (χ1n) is 8.98. The predicted molar refractivity (Wildman–Crippen MR) is 111 cm³/mol. The Bertz CT molecular complexity index is 893. The van der Waals surface area contributed by atoms with Gasteiger partial charge in [-0.05, 0) is 48.1 Å². The largest absolute Gasteiger partial charge is 0.503 e. The molecule has 2 aromatic rings. The Labute approximate surface area is 168 Å². The molecule has 1 aliphatic carbocycles. The van der Waals surface area contributed by atoms with Crippen molar-refractivity contribution < 1.29 is 18.7 Å². The molecule has 0 bridgehead atoms. The van der Waals surface area contributed by atoms with Crippen molar-refractivity contribution in [2.24, 2.45) is 10.9 Å². The van der Waals surface area contributed by atoms with Gasteiger partial charge in [-0.3, -0.25) is 0 Å². The van der Waals surface area contributed by atoms with Crippen LogP contribution in [-0.2, 0) is 14.3 Å². The van der Waals surface area contributed by atoms with Gasteiger partial charge < -0.3 is 9.47 Å². The van der Waals surface area contributed by atoms with Crippen molar-refractivity contribution in [1.82, 2.24) is 0 Å². The summed E-state index contributed by atoms with van der Waals surface area (Å²) in [4.78, 5) is 16.6. The monoisotopic (exact) mass is 399 g/mol. The van der Waals surface area contributed by atoms with E-state index in [2.05, 4.69) is 4.99 Å². The zero-order chi connectivity index (χ0) is 19.9. The van der Waals surface area contributed by atoms with E-state index in [9.17, 15) is 9.18 Å². The molecule has 1 aliphatic rings. The van der Waals surface area contributed by atoms with Gasteiger partial charge in [0.25, 0.3) is 0 Å². The lowest BCUT2D eigenvalue weighted by atomic mass is 9.96. The average Bonchev–Trinajstić information content (AvgIpc) is 3.54. The van der Waals surface area contributed by atoms with E-state index in [1.165, 1.54) is 32.6 Å². The van der Waals surface area contributed by atoms with Gasteiger partial charge in [-0.25, -0.2) is 14.2 Å². The first kappa shape index (κ1) is 20.1. The van der Waals surface area contributed by atoms with E-state index in [4.69, 9.17) is 9.47 Å². The molecular weight excluding hydrogens is 377 g/mol. The maximum atomic E-state index is 13.3. The fraction of sp³-hybridized carbons (Fsp3) is 0.273. The second-order valence-corrected chi connectivity index (χ2v) is 7.45. The molecule has 0 saturated heterocycles. The Balaban J connectivity index is 1.89. The fourth-order valence-electron chi connectivity index (χ4n) is 2.99. The third-order valence-corrected chi connectivity index (χ3v) is 5.63. The zero-order valence-electron chi connectivity index (χ0n) is 15.8. The fourth-order valence-corrected chi connectivity index (χ4v) is 4.15. The summed E-state index contributed by atoms with van der Waals surface area (Å²) in [5, 5.41) is 0.137. The van der Waals surface area contributed by atoms with E-state index in [1.807, 2.05) is 24.3 Å². The molecule has 0 N–H and O–H groups in total. The number of nitrogens with zero attached hydrogens (tertiary/aromatic N) is 1. The SMILES string of the molecule is COC=C(C(=O)OC)c1ccccc1C(SC=Nc1cccc(F)c1)C1CC1. The lowest BCUT2D eigenvalue weighted by molar-refractivity contribution is -0.133. The highest BCUT2D eigenvalue weighted by Crippen LogP contribution is 2.50. The number of rotatable bonds is 8. The van der Waals surface area contributed by atoms with E-state index < -0.39 is 5.97 Å². The average molecular weight is 399 g/mol. The molecular formula is C22H22FNO3S. The van der Waals surface area contributed by atoms with Crippen LogP contribution in [0.3, 0.4) is 0 Å². The maximum Gasteiger partial charge on any atom is 0.341 e. The van der Waals surface area contributed by atoms with Crippen LogP contribution in [-0.4, -0.2) is 25.7 Å². The molecule has 0 radical (unpaired) electrons. The molecule has 0 heterocycles. The number of benzene rings is 2. The Morgan fingerprint density at radius 3 is 2.68 bits per heavy atom. The van der Waals surface area contributed by atoms with E-state index in [1.54, 1.807) is 29.4 Å². The van der Waals surface area contributed by atoms with Crippen LogP contribution < -0.4 is 0 Å². The highest BCUT2D eigenvalue weighted by molar-refractivity contribution is 8.12. The molecule has 2 aromatic carbocycles. The lowest BCUT2D eigenvalue weighted by Gasteiger charge is -2.19. The van der Waals surface area contributed by atoms with E-state index in [0.29, 0.717) is 17.2 Å². The molecule has 6 heteroatoms. The van der Waals surface area contributed by atoms with Gasteiger partial charge in [-0.2, -0.15) is 0 Å². The Morgan fingerprint density at radius 2 is 2.00 bits per heavy atom. The van der Waals surface area contributed by atoms with Crippen LogP contribution in [0, 0.1) is 11.7 Å². The highest BCUT2D eigenvalue weighted by atomic mass is 32.2. The third-order valence-electron chi connectivity index (χ3n) is 4.47. The number of carbonyl (C=O) groups excluding carboxylic acids is 1. The number of esters is 1. The predicted octanol–water partition coefficient (Wildman–Crippen LogP) is 5.53. The molecule has 0 aromatic heterocycles. The molecule has 0 amide bonds. The van der Waals surface area contributed by atoms with E-state index in [0.717, 1.165) is 24.0 Å². The molecule has 0 spiro atoms. The third kappa shape index (κ3) is 5.01. The van der Waals surface area contributed by atoms with Gasteiger partial charge in [0.1, 0.15) is 11.4 Å². The van der Waals surface area contributed by atoms with Crippen LogP contribution in [0.4, 0.5) is 10.1 Å². The first-order valence-corrected chi connectivity index (χ1v) is 9.92. The number of aliphatic imine (C=N–C) groups is 1. The second-order valence-electron chi connectivity index (χ2n) is 6.45. The van der Waals surface area contributed by atoms with Gasteiger partial charge in [-0.1, -0.05) is 30.3 Å². The second kappa shape index (κ2) is 9.55. The molecule has 3 rings (SSSR count). The van der Waals surface area contributed by atoms with Gasteiger partial charge >= 0.3 is 5.97 Å². The number of halogens is 1. The van der Waals surface area contributed by atoms with Crippen LogP contribution in [0.2, 0.25) is 0 Å². The summed E-state index contributed by atoms with van der Waals surface area (Å²) >= 11 is 1.58. The minimum atomic E-state index is -0.442. The quantitative estimate of drug-likeness (QED) is 0.192. The Kier molecular flexibility index (Phi) is 6.87. The number of methoxy groups -OCH3 is 2. The van der Waals surface area contributed by atoms with Crippen molar-refractivity contribution >= 4 is 34.5 Å². The number of hydrogen-bond acceptors (Lipinski definition) is 5. The van der Waals surface area contributed by atoms with Crippen molar-refractivity contribution in [2.75, 3.05) is 14.2 Å².